The van der Waals surface area contributed by atoms with Crippen molar-refractivity contribution in [3.8, 4) is 11.8 Å². The Morgan fingerprint density at radius 1 is 1.24 bits per heavy atom. The van der Waals surface area contributed by atoms with Crippen LogP contribution in [0.25, 0.3) is 0 Å². The average Bonchev–Trinajstić information content (AvgIpc) is 2.54. The van der Waals surface area contributed by atoms with Gasteiger partial charge in [-0.05, 0) is 30.4 Å². The molecule has 1 fully saturated rings. The van der Waals surface area contributed by atoms with Gasteiger partial charge in [-0.25, -0.2) is 0 Å². The van der Waals surface area contributed by atoms with Gasteiger partial charge in [0, 0.05) is 22.8 Å². The van der Waals surface area contributed by atoms with Crippen LogP contribution in [0.5, 0.6) is 0 Å². The zero-order valence-corrected chi connectivity index (χ0v) is 14.3. The molecule has 0 bridgehead atoms. The van der Waals surface area contributed by atoms with E-state index in [2.05, 4.69) is 89.4 Å². The lowest BCUT2D eigenvalue weighted by molar-refractivity contribution is 0.438. The highest BCUT2D eigenvalue weighted by Gasteiger charge is 2.37. The van der Waals surface area contributed by atoms with Crippen molar-refractivity contribution in [2.24, 2.45) is 11.8 Å². The minimum atomic E-state index is 0.492. The SMILES string of the molecule is IC1CCC2=CC=C[CH+]C2C1C#CCCc1ccccc1. The first-order chi connectivity index (χ1) is 10.3. The molecule has 0 spiro atoms. The summed E-state index contributed by atoms with van der Waals surface area (Å²) in [6, 6.07) is 10.6. The van der Waals surface area contributed by atoms with E-state index < -0.39 is 0 Å². The van der Waals surface area contributed by atoms with Crippen LogP contribution in [0.3, 0.4) is 0 Å². The van der Waals surface area contributed by atoms with Gasteiger partial charge < -0.3 is 0 Å². The van der Waals surface area contributed by atoms with E-state index in [9.17, 15) is 0 Å². The largest absolute Gasteiger partial charge is 0.103 e. The fraction of sp³-hybridized carbons (Fsp3) is 0.350. The number of halogens is 1. The van der Waals surface area contributed by atoms with Crippen molar-refractivity contribution >= 4 is 22.6 Å². The van der Waals surface area contributed by atoms with Crippen LogP contribution < -0.4 is 0 Å². The van der Waals surface area contributed by atoms with Gasteiger partial charge in [0.15, 0.2) is 0 Å². The summed E-state index contributed by atoms with van der Waals surface area (Å²) < 4.78 is 0.678. The molecule has 1 saturated carbocycles. The monoisotopic (exact) mass is 387 g/mol. The fourth-order valence-electron chi connectivity index (χ4n) is 3.13. The minimum absolute atomic E-state index is 0.492. The summed E-state index contributed by atoms with van der Waals surface area (Å²) >= 11 is 2.60. The standard InChI is InChI=1S/C20H20I/c21-20-15-14-17-11-5-7-12-18(17)19(20)13-6-4-10-16-8-2-1-3-9-16/h1-3,5,7-9,11-12,18-20H,4,10,14-15H2/q+1. The third kappa shape index (κ3) is 3.74. The quantitative estimate of drug-likeness (QED) is 0.285. The molecular formula is C20H20I+. The summed E-state index contributed by atoms with van der Waals surface area (Å²) in [5, 5.41) is 0. The average molecular weight is 387 g/mol. The van der Waals surface area contributed by atoms with Crippen LogP contribution in [-0.2, 0) is 6.42 Å². The van der Waals surface area contributed by atoms with E-state index in [4.69, 9.17) is 0 Å². The van der Waals surface area contributed by atoms with Gasteiger partial charge in [-0.3, -0.25) is 0 Å². The number of alkyl halides is 1. The zero-order valence-electron chi connectivity index (χ0n) is 12.1. The maximum Gasteiger partial charge on any atom is 0.0946 e. The number of aryl methyl sites for hydroxylation is 1. The molecule has 1 heteroatoms. The first kappa shape index (κ1) is 14.8. The smallest absolute Gasteiger partial charge is 0.0946 e. The van der Waals surface area contributed by atoms with Crippen LogP contribution in [-0.4, -0.2) is 3.92 Å². The molecule has 1 aromatic rings. The van der Waals surface area contributed by atoms with Gasteiger partial charge in [-0.1, -0.05) is 58.8 Å². The molecule has 3 rings (SSSR count). The number of hydrogen-bond donors (Lipinski definition) is 0. The Labute approximate surface area is 141 Å². The Morgan fingerprint density at radius 2 is 2.10 bits per heavy atom. The van der Waals surface area contributed by atoms with Crippen LogP contribution in [0.15, 0.2) is 54.1 Å². The van der Waals surface area contributed by atoms with Crippen molar-refractivity contribution in [1.29, 1.82) is 0 Å². The van der Waals surface area contributed by atoms with Crippen LogP contribution in [0, 0.1) is 30.1 Å². The summed E-state index contributed by atoms with van der Waals surface area (Å²) in [4.78, 5) is 0. The second kappa shape index (κ2) is 7.22. The summed E-state index contributed by atoms with van der Waals surface area (Å²) in [6.45, 7) is 0. The third-order valence-electron chi connectivity index (χ3n) is 4.30. The molecule has 3 unspecified atom stereocenters. The van der Waals surface area contributed by atoms with E-state index in [1.165, 1.54) is 18.4 Å². The highest BCUT2D eigenvalue weighted by Crippen LogP contribution is 2.41. The van der Waals surface area contributed by atoms with Crippen LogP contribution >= 0.6 is 22.6 Å². The van der Waals surface area contributed by atoms with E-state index in [-0.39, 0.29) is 0 Å². The summed E-state index contributed by atoms with van der Waals surface area (Å²) in [6.07, 6.45) is 13.5. The van der Waals surface area contributed by atoms with Crippen molar-refractivity contribution < 1.29 is 0 Å². The lowest BCUT2D eigenvalue weighted by Crippen LogP contribution is -2.30. The van der Waals surface area contributed by atoms with Gasteiger partial charge in [0.2, 0.25) is 0 Å². The Bertz CT molecular complexity index is 585. The predicted octanol–water partition coefficient (Wildman–Crippen LogP) is 5.15. The molecule has 0 aromatic heterocycles. The molecule has 106 valence electrons. The molecule has 1 aromatic carbocycles. The molecule has 0 amide bonds. The second-order valence-corrected chi connectivity index (χ2v) is 7.33. The van der Waals surface area contributed by atoms with E-state index in [1.807, 2.05) is 0 Å². The summed E-state index contributed by atoms with van der Waals surface area (Å²) in [7, 11) is 0. The van der Waals surface area contributed by atoms with Gasteiger partial charge in [-0.2, -0.15) is 0 Å². The Kier molecular flexibility index (Phi) is 5.08. The van der Waals surface area contributed by atoms with Crippen molar-refractivity contribution in [2.45, 2.75) is 29.6 Å². The number of hydrogen-bond acceptors (Lipinski definition) is 0. The number of rotatable bonds is 2. The highest BCUT2D eigenvalue weighted by molar-refractivity contribution is 14.1. The lowest BCUT2D eigenvalue weighted by Gasteiger charge is -2.31. The molecule has 0 heterocycles. The van der Waals surface area contributed by atoms with Crippen molar-refractivity contribution in [2.75, 3.05) is 0 Å². The topological polar surface area (TPSA) is 0 Å². The number of benzene rings is 1. The Balaban J connectivity index is 1.62. The molecule has 0 saturated heterocycles. The highest BCUT2D eigenvalue weighted by atomic mass is 127. The predicted molar refractivity (Wildman–Crippen MR) is 98.1 cm³/mol. The molecule has 3 atom stereocenters. The first-order valence-corrected chi connectivity index (χ1v) is 8.96. The summed E-state index contributed by atoms with van der Waals surface area (Å²) in [5.74, 6) is 8.06. The molecule has 0 radical (unpaired) electrons. The third-order valence-corrected chi connectivity index (χ3v) is 5.70. The molecule has 0 aliphatic heterocycles. The van der Waals surface area contributed by atoms with Gasteiger partial charge in [0.25, 0.3) is 0 Å². The summed E-state index contributed by atoms with van der Waals surface area (Å²) in [5.41, 5.74) is 2.96. The van der Waals surface area contributed by atoms with Crippen LogP contribution in [0.2, 0.25) is 0 Å². The lowest BCUT2D eigenvalue weighted by atomic mass is 9.72. The van der Waals surface area contributed by atoms with E-state index in [1.54, 1.807) is 5.57 Å². The van der Waals surface area contributed by atoms with Crippen molar-refractivity contribution in [3.05, 3.63) is 66.1 Å². The van der Waals surface area contributed by atoms with Gasteiger partial charge >= 0.3 is 0 Å². The van der Waals surface area contributed by atoms with Gasteiger partial charge in [0.05, 0.1) is 24.0 Å². The maximum absolute atomic E-state index is 3.58. The zero-order chi connectivity index (χ0) is 14.5. The maximum atomic E-state index is 3.58. The van der Waals surface area contributed by atoms with E-state index in [0.29, 0.717) is 15.8 Å². The molecule has 2 aliphatic rings. The molecule has 0 N–H and O–H groups in total. The van der Waals surface area contributed by atoms with Crippen molar-refractivity contribution in [3.63, 3.8) is 0 Å². The van der Waals surface area contributed by atoms with E-state index in [0.717, 1.165) is 12.8 Å². The van der Waals surface area contributed by atoms with Crippen molar-refractivity contribution in [1.82, 2.24) is 0 Å². The van der Waals surface area contributed by atoms with Gasteiger partial charge in [-0.15, -0.1) is 5.92 Å². The molecule has 21 heavy (non-hydrogen) atoms. The number of allylic oxidation sites excluding steroid dienone is 4. The minimum Gasteiger partial charge on any atom is -0.103 e. The molecule has 2 aliphatic carbocycles. The normalized spacial score (nSPS) is 26.9. The second-order valence-electron chi connectivity index (χ2n) is 5.73. The Morgan fingerprint density at radius 3 is 2.95 bits per heavy atom. The Hall–Kier alpha value is -1.14. The van der Waals surface area contributed by atoms with Crippen LogP contribution in [0.4, 0.5) is 0 Å². The first-order valence-electron chi connectivity index (χ1n) is 7.71. The van der Waals surface area contributed by atoms with Gasteiger partial charge in [0.1, 0.15) is 0 Å². The van der Waals surface area contributed by atoms with E-state index >= 15 is 0 Å². The number of fused-ring (bicyclic) bond motifs is 1. The molecule has 0 nitrogen and oxygen atoms in total. The molecular weight excluding hydrogens is 367 g/mol. The fourth-order valence-corrected chi connectivity index (χ4v) is 4.07. The van der Waals surface area contributed by atoms with Crippen LogP contribution in [0.1, 0.15) is 24.8 Å².